The van der Waals surface area contributed by atoms with Crippen molar-refractivity contribution in [3.63, 3.8) is 0 Å². The molecule has 2 aromatic heterocycles. The molecule has 0 aliphatic rings. The fourth-order valence-electron chi connectivity index (χ4n) is 2.18. The van der Waals surface area contributed by atoms with Gasteiger partial charge in [-0.25, -0.2) is 4.98 Å². The van der Waals surface area contributed by atoms with Crippen LogP contribution in [-0.4, -0.2) is 15.8 Å². The van der Waals surface area contributed by atoms with Gasteiger partial charge in [-0.05, 0) is 42.8 Å². The molecule has 0 atom stereocenters. The van der Waals surface area contributed by atoms with Gasteiger partial charge in [0.25, 0.3) is 0 Å². The first-order valence-corrected chi connectivity index (χ1v) is 6.73. The largest absolute Gasteiger partial charge is 0.289 e. The molecule has 3 nitrogen and oxygen atoms in total. The van der Waals surface area contributed by atoms with E-state index in [-0.39, 0.29) is 5.78 Å². The third-order valence-electron chi connectivity index (χ3n) is 3.31. The van der Waals surface area contributed by atoms with Crippen LogP contribution in [0.25, 0.3) is 17.0 Å². The van der Waals surface area contributed by atoms with E-state index >= 15 is 0 Å². The lowest BCUT2D eigenvalue weighted by Gasteiger charge is -2.02. The van der Waals surface area contributed by atoms with Crippen molar-refractivity contribution in [1.29, 1.82) is 0 Å². The van der Waals surface area contributed by atoms with Crippen LogP contribution < -0.4 is 0 Å². The Morgan fingerprint density at radius 3 is 2.67 bits per heavy atom. The summed E-state index contributed by atoms with van der Waals surface area (Å²) >= 11 is 0. The molecule has 102 valence electrons. The molecular formula is C18H14N2O. The maximum atomic E-state index is 12.0. The number of aromatic nitrogens is 2. The number of para-hydroxylation sites is 1. The van der Waals surface area contributed by atoms with Crippen molar-refractivity contribution in [1.82, 2.24) is 9.97 Å². The van der Waals surface area contributed by atoms with Crippen molar-refractivity contribution >= 4 is 22.8 Å². The second kappa shape index (κ2) is 5.67. The second-order valence-electron chi connectivity index (χ2n) is 4.82. The molecule has 0 aliphatic heterocycles. The number of fused-ring (bicyclic) bond motifs is 1. The van der Waals surface area contributed by atoms with E-state index in [4.69, 9.17) is 0 Å². The van der Waals surface area contributed by atoms with Crippen LogP contribution in [0.1, 0.15) is 21.6 Å². The topological polar surface area (TPSA) is 42.9 Å². The molecule has 3 rings (SSSR count). The molecule has 0 fully saturated rings. The summed E-state index contributed by atoms with van der Waals surface area (Å²) in [7, 11) is 0. The molecule has 2 heterocycles. The van der Waals surface area contributed by atoms with Gasteiger partial charge in [-0.1, -0.05) is 24.3 Å². The van der Waals surface area contributed by atoms with E-state index in [1.54, 1.807) is 36.7 Å². The van der Waals surface area contributed by atoms with Crippen molar-refractivity contribution in [2.45, 2.75) is 6.92 Å². The average Bonchev–Trinajstić information content (AvgIpc) is 2.54. The highest BCUT2D eigenvalue weighted by Crippen LogP contribution is 2.17. The number of hydrogen-bond acceptors (Lipinski definition) is 3. The van der Waals surface area contributed by atoms with Gasteiger partial charge in [-0.3, -0.25) is 9.78 Å². The van der Waals surface area contributed by atoms with Gasteiger partial charge in [0.2, 0.25) is 0 Å². The Morgan fingerprint density at radius 1 is 1.05 bits per heavy atom. The number of pyridine rings is 2. The van der Waals surface area contributed by atoms with Crippen LogP contribution >= 0.6 is 0 Å². The summed E-state index contributed by atoms with van der Waals surface area (Å²) in [4.78, 5) is 20.5. The maximum absolute atomic E-state index is 12.0. The minimum atomic E-state index is -0.0518. The molecule has 0 N–H and O–H groups in total. The van der Waals surface area contributed by atoms with Crippen molar-refractivity contribution < 1.29 is 4.79 Å². The molecule has 3 aromatic rings. The Bertz CT molecular complexity index is 823. The lowest BCUT2D eigenvalue weighted by molar-refractivity contribution is 0.104. The highest BCUT2D eigenvalue weighted by atomic mass is 16.1. The van der Waals surface area contributed by atoms with E-state index in [1.165, 1.54) is 0 Å². The molecule has 0 saturated carbocycles. The van der Waals surface area contributed by atoms with Crippen molar-refractivity contribution in [3.8, 4) is 0 Å². The monoisotopic (exact) mass is 274 g/mol. The van der Waals surface area contributed by atoms with Gasteiger partial charge < -0.3 is 0 Å². The highest BCUT2D eigenvalue weighted by molar-refractivity contribution is 6.06. The molecule has 3 heteroatoms. The molecule has 0 spiro atoms. The Balaban J connectivity index is 1.90. The van der Waals surface area contributed by atoms with Gasteiger partial charge in [0.05, 0.1) is 11.2 Å². The Kier molecular flexibility index (Phi) is 3.56. The smallest absolute Gasteiger partial charge is 0.186 e. The Labute approximate surface area is 123 Å². The molecule has 0 amide bonds. The van der Waals surface area contributed by atoms with Gasteiger partial charge in [0.1, 0.15) is 0 Å². The van der Waals surface area contributed by atoms with Gasteiger partial charge in [0, 0.05) is 23.3 Å². The Morgan fingerprint density at radius 2 is 1.86 bits per heavy atom. The lowest BCUT2D eigenvalue weighted by atomic mass is 10.1. The first-order chi connectivity index (χ1) is 10.2. The number of carbonyl (C=O) groups excluding carboxylic acids is 1. The molecule has 0 radical (unpaired) electrons. The summed E-state index contributed by atoms with van der Waals surface area (Å²) in [6.45, 7) is 2.03. The zero-order chi connectivity index (χ0) is 14.7. The fourth-order valence-corrected chi connectivity index (χ4v) is 2.18. The standard InChI is InChI=1S/C18H14N2O/c1-13-3-2-4-15-5-6-16(20-18(13)15)7-8-17(21)14-9-11-19-12-10-14/h2-12H,1H3/b8-7+. The van der Waals surface area contributed by atoms with Crippen LogP contribution in [0.2, 0.25) is 0 Å². The number of hydrogen-bond donors (Lipinski definition) is 0. The summed E-state index contributed by atoms with van der Waals surface area (Å²) in [5, 5.41) is 1.10. The number of carbonyl (C=O) groups is 1. The second-order valence-corrected chi connectivity index (χ2v) is 4.82. The number of benzene rings is 1. The molecule has 1 aromatic carbocycles. The van der Waals surface area contributed by atoms with E-state index in [0.717, 1.165) is 22.2 Å². The van der Waals surface area contributed by atoms with Gasteiger partial charge in [0.15, 0.2) is 5.78 Å². The van der Waals surface area contributed by atoms with Crippen LogP contribution in [-0.2, 0) is 0 Å². The van der Waals surface area contributed by atoms with Gasteiger partial charge in [-0.15, -0.1) is 0 Å². The van der Waals surface area contributed by atoms with Gasteiger partial charge >= 0.3 is 0 Å². The third kappa shape index (κ3) is 2.87. The number of aryl methyl sites for hydroxylation is 1. The fraction of sp³-hybridized carbons (Fsp3) is 0.0556. The van der Waals surface area contributed by atoms with Crippen LogP contribution in [0.4, 0.5) is 0 Å². The molecule has 21 heavy (non-hydrogen) atoms. The van der Waals surface area contributed by atoms with Crippen LogP contribution in [0.5, 0.6) is 0 Å². The van der Waals surface area contributed by atoms with Crippen molar-refractivity contribution in [2.75, 3.05) is 0 Å². The van der Waals surface area contributed by atoms with Crippen LogP contribution in [0.15, 0.2) is 60.9 Å². The predicted octanol–water partition coefficient (Wildman–Crippen LogP) is 3.83. The summed E-state index contributed by atoms with van der Waals surface area (Å²) in [5.74, 6) is -0.0518. The van der Waals surface area contributed by atoms with Crippen LogP contribution in [0, 0.1) is 6.92 Å². The van der Waals surface area contributed by atoms with E-state index in [0.29, 0.717) is 5.56 Å². The number of allylic oxidation sites excluding steroid dienone is 1. The molecular weight excluding hydrogens is 260 g/mol. The van der Waals surface area contributed by atoms with E-state index < -0.39 is 0 Å². The molecule has 0 bridgehead atoms. The normalized spacial score (nSPS) is 11.1. The first-order valence-electron chi connectivity index (χ1n) is 6.73. The molecule has 0 saturated heterocycles. The number of ketones is 1. The van der Waals surface area contributed by atoms with E-state index in [1.807, 2.05) is 37.3 Å². The van der Waals surface area contributed by atoms with E-state index in [2.05, 4.69) is 9.97 Å². The minimum absolute atomic E-state index is 0.0518. The third-order valence-corrected chi connectivity index (χ3v) is 3.31. The van der Waals surface area contributed by atoms with Crippen molar-refractivity contribution in [2.24, 2.45) is 0 Å². The zero-order valence-corrected chi connectivity index (χ0v) is 11.7. The summed E-state index contributed by atoms with van der Waals surface area (Å²) in [6.07, 6.45) is 6.51. The summed E-state index contributed by atoms with van der Waals surface area (Å²) in [6, 6.07) is 13.4. The number of nitrogens with zero attached hydrogens (tertiary/aromatic N) is 2. The summed E-state index contributed by atoms with van der Waals surface area (Å²) < 4.78 is 0. The SMILES string of the molecule is Cc1cccc2ccc(/C=C/C(=O)c3ccncc3)nc12. The maximum Gasteiger partial charge on any atom is 0.186 e. The van der Waals surface area contributed by atoms with Crippen LogP contribution in [0.3, 0.4) is 0 Å². The molecule has 0 aliphatic carbocycles. The minimum Gasteiger partial charge on any atom is -0.289 e. The average molecular weight is 274 g/mol. The zero-order valence-electron chi connectivity index (χ0n) is 11.7. The quantitative estimate of drug-likeness (QED) is 0.538. The summed E-state index contributed by atoms with van der Waals surface area (Å²) in [5.41, 5.74) is 3.50. The number of rotatable bonds is 3. The van der Waals surface area contributed by atoms with E-state index in [9.17, 15) is 4.79 Å². The van der Waals surface area contributed by atoms with Crippen molar-refractivity contribution in [3.05, 3.63) is 77.8 Å². The Hall–Kier alpha value is -2.81. The molecule has 0 unspecified atom stereocenters. The van der Waals surface area contributed by atoms with Gasteiger partial charge in [-0.2, -0.15) is 0 Å². The first kappa shape index (κ1) is 13.2. The highest BCUT2D eigenvalue weighted by Gasteiger charge is 2.02. The lowest BCUT2D eigenvalue weighted by Crippen LogP contribution is -1.94. The predicted molar refractivity (Wildman–Crippen MR) is 84.1 cm³/mol.